The molecular formula is C16H19N3O3S. The van der Waals surface area contributed by atoms with E-state index in [0.717, 1.165) is 18.2 Å². The summed E-state index contributed by atoms with van der Waals surface area (Å²) < 4.78 is 10.6. The number of amides is 1. The maximum atomic E-state index is 12.8. The number of ether oxygens (including phenoxy) is 2. The molecule has 122 valence electrons. The second-order valence-corrected chi connectivity index (χ2v) is 6.01. The Hall–Kier alpha value is -2.28. The van der Waals surface area contributed by atoms with Crippen molar-refractivity contribution in [1.82, 2.24) is 9.88 Å². The molecule has 1 aromatic carbocycles. The van der Waals surface area contributed by atoms with Gasteiger partial charge in [-0.25, -0.2) is 4.98 Å². The number of methoxy groups -OCH3 is 2. The molecule has 0 saturated carbocycles. The highest BCUT2D eigenvalue weighted by Gasteiger charge is 2.26. The van der Waals surface area contributed by atoms with Gasteiger partial charge >= 0.3 is 0 Å². The van der Waals surface area contributed by atoms with Crippen LogP contribution in [0, 0.1) is 0 Å². The first-order chi connectivity index (χ1) is 11.2. The highest BCUT2D eigenvalue weighted by atomic mass is 32.1. The summed E-state index contributed by atoms with van der Waals surface area (Å²) in [6.07, 6.45) is 1.80. The molecule has 2 heterocycles. The number of nitrogens with zero attached hydrogens (tertiary/aromatic N) is 3. The Balaban J connectivity index is 1.73. The number of carbonyl (C=O) groups excluding carboxylic acids is 1. The van der Waals surface area contributed by atoms with Gasteiger partial charge in [0.25, 0.3) is 5.91 Å². The lowest BCUT2D eigenvalue weighted by Gasteiger charge is -2.34. The van der Waals surface area contributed by atoms with Crippen LogP contribution in [0.2, 0.25) is 0 Å². The molecule has 7 heteroatoms. The Labute approximate surface area is 139 Å². The van der Waals surface area contributed by atoms with Crippen molar-refractivity contribution >= 4 is 22.4 Å². The fourth-order valence-electron chi connectivity index (χ4n) is 2.70. The van der Waals surface area contributed by atoms with Crippen molar-refractivity contribution < 1.29 is 14.3 Å². The minimum Gasteiger partial charge on any atom is -0.493 e. The van der Waals surface area contributed by atoms with Crippen LogP contribution in [0.15, 0.2) is 29.8 Å². The number of anilines is 1. The summed E-state index contributed by atoms with van der Waals surface area (Å²) in [5.74, 6) is 1.03. The molecule has 1 saturated heterocycles. The molecule has 1 aromatic heterocycles. The fourth-order valence-corrected chi connectivity index (χ4v) is 3.40. The van der Waals surface area contributed by atoms with E-state index < -0.39 is 0 Å². The summed E-state index contributed by atoms with van der Waals surface area (Å²) in [7, 11) is 3.12. The molecule has 6 nitrogen and oxygen atoms in total. The van der Waals surface area contributed by atoms with Gasteiger partial charge in [-0.15, -0.1) is 11.3 Å². The van der Waals surface area contributed by atoms with Crippen molar-refractivity contribution in [2.45, 2.75) is 0 Å². The van der Waals surface area contributed by atoms with Crippen molar-refractivity contribution in [2.75, 3.05) is 45.3 Å². The topological polar surface area (TPSA) is 54.9 Å². The van der Waals surface area contributed by atoms with Gasteiger partial charge in [0.2, 0.25) is 0 Å². The van der Waals surface area contributed by atoms with Gasteiger partial charge < -0.3 is 19.3 Å². The third-order valence-electron chi connectivity index (χ3n) is 3.89. The summed E-state index contributed by atoms with van der Waals surface area (Å²) in [6, 6.07) is 5.37. The Bertz CT molecular complexity index is 667. The molecule has 2 aromatic rings. The van der Waals surface area contributed by atoms with Gasteiger partial charge in [-0.05, 0) is 12.1 Å². The highest BCUT2D eigenvalue weighted by Crippen LogP contribution is 2.31. The average Bonchev–Trinajstić information content (AvgIpc) is 3.15. The van der Waals surface area contributed by atoms with E-state index in [1.54, 1.807) is 50.0 Å². The average molecular weight is 333 g/mol. The van der Waals surface area contributed by atoms with Crippen LogP contribution in [0.4, 0.5) is 5.13 Å². The van der Waals surface area contributed by atoms with Gasteiger partial charge in [-0.2, -0.15) is 0 Å². The summed E-state index contributed by atoms with van der Waals surface area (Å²) in [4.78, 5) is 21.2. The van der Waals surface area contributed by atoms with Crippen LogP contribution >= 0.6 is 11.3 Å². The van der Waals surface area contributed by atoms with Gasteiger partial charge in [-0.3, -0.25) is 4.79 Å². The highest BCUT2D eigenvalue weighted by molar-refractivity contribution is 7.13. The predicted molar refractivity (Wildman–Crippen MR) is 89.8 cm³/mol. The quantitative estimate of drug-likeness (QED) is 0.858. The molecule has 1 aliphatic rings. The molecule has 0 aliphatic carbocycles. The molecule has 0 radical (unpaired) electrons. The zero-order valence-corrected chi connectivity index (χ0v) is 14.0. The minimum absolute atomic E-state index is 0.0282. The Morgan fingerprint density at radius 1 is 1.17 bits per heavy atom. The predicted octanol–water partition coefficient (Wildman–Crippen LogP) is 2.12. The van der Waals surface area contributed by atoms with E-state index in [0.29, 0.717) is 30.2 Å². The van der Waals surface area contributed by atoms with E-state index in [2.05, 4.69) is 9.88 Å². The van der Waals surface area contributed by atoms with Crippen LogP contribution in [0.3, 0.4) is 0 Å². The van der Waals surface area contributed by atoms with Crippen molar-refractivity contribution in [3.05, 3.63) is 35.3 Å². The Morgan fingerprint density at radius 2 is 1.96 bits per heavy atom. The zero-order chi connectivity index (χ0) is 16.2. The third kappa shape index (κ3) is 3.10. The van der Waals surface area contributed by atoms with Gasteiger partial charge in [-0.1, -0.05) is 6.07 Å². The molecule has 1 aliphatic heterocycles. The van der Waals surface area contributed by atoms with Crippen molar-refractivity contribution in [3.63, 3.8) is 0 Å². The van der Waals surface area contributed by atoms with Crippen LogP contribution < -0.4 is 14.4 Å². The minimum atomic E-state index is -0.0282. The number of thiazole rings is 1. The molecule has 0 spiro atoms. The fraction of sp³-hybridized carbons (Fsp3) is 0.375. The number of aromatic nitrogens is 1. The van der Waals surface area contributed by atoms with Crippen molar-refractivity contribution in [1.29, 1.82) is 0 Å². The largest absolute Gasteiger partial charge is 0.493 e. The van der Waals surface area contributed by atoms with Crippen molar-refractivity contribution in [2.24, 2.45) is 0 Å². The van der Waals surface area contributed by atoms with Crippen LogP contribution in [-0.2, 0) is 0 Å². The smallest absolute Gasteiger partial charge is 0.257 e. The first-order valence-corrected chi connectivity index (χ1v) is 8.27. The molecule has 0 atom stereocenters. The summed E-state index contributed by atoms with van der Waals surface area (Å²) in [5, 5.41) is 2.98. The van der Waals surface area contributed by atoms with Crippen molar-refractivity contribution in [3.8, 4) is 11.5 Å². The number of para-hydroxylation sites is 1. The number of carbonyl (C=O) groups is 1. The maximum Gasteiger partial charge on any atom is 0.257 e. The molecule has 0 unspecified atom stereocenters. The maximum absolute atomic E-state index is 12.8. The van der Waals surface area contributed by atoms with E-state index in [1.165, 1.54) is 0 Å². The monoisotopic (exact) mass is 333 g/mol. The second kappa shape index (κ2) is 6.87. The van der Waals surface area contributed by atoms with Crippen LogP contribution in [-0.4, -0.2) is 56.2 Å². The lowest BCUT2D eigenvalue weighted by atomic mass is 10.1. The van der Waals surface area contributed by atoms with Gasteiger partial charge in [0, 0.05) is 37.8 Å². The molecule has 1 amide bonds. The first-order valence-electron chi connectivity index (χ1n) is 7.39. The molecule has 23 heavy (non-hydrogen) atoms. The van der Waals surface area contributed by atoms with E-state index in [-0.39, 0.29) is 5.91 Å². The molecule has 0 N–H and O–H groups in total. The molecule has 0 bridgehead atoms. The standard InChI is InChI=1S/C16H19N3O3S/c1-21-13-5-3-4-12(14(13)22-2)15(20)18-7-9-19(10-8-18)16-17-6-11-23-16/h3-6,11H,7-10H2,1-2H3. The number of rotatable bonds is 4. The molecular weight excluding hydrogens is 314 g/mol. The van der Waals surface area contributed by atoms with E-state index in [1.807, 2.05) is 10.3 Å². The van der Waals surface area contributed by atoms with E-state index in [4.69, 9.17) is 9.47 Å². The molecule has 1 fully saturated rings. The lowest BCUT2D eigenvalue weighted by Crippen LogP contribution is -2.48. The van der Waals surface area contributed by atoms with Crippen LogP contribution in [0.1, 0.15) is 10.4 Å². The van der Waals surface area contributed by atoms with E-state index in [9.17, 15) is 4.79 Å². The SMILES string of the molecule is COc1cccc(C(=O)N2CCN(c3nccs3)CC2)c1OC. The van der Waals surface area contributed by atoms with Gasteiger partial charge in [0.15, 0.2) is 16.6 Å². The Morgan fingerprint density at radius 3 is 2.57 bits per heavy atom. The van der Waals surface area contributed by atoms with Gasteiger partial charge in [0.1, 0.15) is 0 Å². The second-order valence-electron chi connectivity index (χ2n) is 5.14. The number of hydrogen-bond acceptors (Lipinski definition) is 6. The summed E-state index contributed by atoms with van der Waals surface area (Å²) in [6.45, 7) is 2.90. The van der Waals surface area contributed by atoms with Gasteiger partial charge in [0.05, 0.1) is 19.8 Å². The third-order valence-corrected chi connectivity index (χ3v) is 4.72. The summed E-state index contributed by atoms with van der Waals surface area (Å²) >= 11 is 1.62. The van der Waals surface area contributed by atoms with Crippen LogP contribution in [0.5, 0.6) is 11.5 Å². The number of piperazine rings is 1. The number of benzene rings is 1. The summed E-state index contributed by atoms with van der Waals surface area (Å²) in [5.41, 5.74) is 0.537. The normalized spacial score (nSPS) is 14.7. The number of hydrogen-bond donors (Lipinski definition) is 0. The Kier molecular flexibility index (Phi) is 4.66. The first kappa shape index (κ1) is 15.6. The van der Waals surface area contributed by atoms with E-state index >= 15 is 0 Å². The lowest BCUT2D eigenvalue weighted by molar-refractivity contribution is 0.0742. The zero-order valence-electron chi connectivity index (χ0n) is 13.2. The molecule has 3 rings (SSSR count). The van der Waals surface area contributed by atoms with Crippen LogP contribution in [0.25, 0.3) is 0 Å².